The Hall–Kier alpha value is 0.310. The van der Waals surface area contributed by atoms with E-state index >= 15 is 0 Å². The summed E-state index contributed by atoms with van der Waals surface area (Å²) in [5, 5.41) is 0. The van der Waals surface area contributed by atoms with E-state index in [0.717, 1.165) is 19.4 Å². The van der Waals surface area contributed by atoms with Crippen molar-refractivity contribution < 1.29 is 13.6 Å². The Balaban J connectivity index is 2.21. The van der Waals surface area contributed by atoms with Crippen LogP contribution in [0.5, 0.6) is 0 Å². The molecule has 1 fully saturated rings. The molecule has 0 N–H and O–H groups in total. The van der Waals surface area contributed by atoms with E-state index in [9.17, 15) is 0 Å². The Morgan fingerprint density at radius 1 is 1.55 bits per heavy atom. The third-order valence-corrected chi connectivity index (χ3v) is 2.89. The molecule has 1 saturated heterocycles. The summed E-state index contributed by atoms with van der Waals surface area (Å²) in [6, 6.07) is 0. The van der Waals surface area contributed by atoms with E-state index < -0.39 is 8.60 Å². The van der Waals surface area contributed by atoms with Crippen LogP contribution in [0.25, 0.3) is 0 Å². The van der Waals surface area contributed by atoms with E-state index in [0.29, 0.717) is 12.7 Å². The van der Waals surface area contributed by atoms with Crippen molar-refractivity contribution in [3.05, 3.63) is 0 Å². The Kier molecular flexibility index (Phi) is 4.31. The van der Waals surface area contributed by atoms with Crippen LogP contribution in [-0.4, -0.2) is 19.3 Å². The summed E-state index contributed by atoms with van der Waals surface area (Å²) in [6.07, 6.45) is 2.40. The van der Waals surface area contributed by atoms with Crippen molar-refractivity contribution >= 4 is 8.60 Å². The van der Waals surface area contributed by atoms with Gasteiger partial charge in [0.2, 0.25) is 0 Å². The van der Waals surface area contributed by atoms with Crippen molar-refractivity contribution in [2.45, 2.75) is 32.8 Å². The lowest BCUT2D eigenvalue weighted by Crippen LogP contribution is -2.18. The summed E-state index contributed by atoms with van der Waals surface area (Å²) in [5.41, 5.74) is 0. The van der Waals surface area contributed by atoms with Gasteiger partial charge in [-0.2, -0.15) is 0 Å². The first-order valence-corrected chi connectivity index (χ1v) is 5.19. The maximum absolute atomic E-state index is 5.50. The van der Waals surface area contributed by atoms with E-state index in [1.165, 1.54) is 0 Å². The molecular formula is C7H15O3P. The lowest BCUT2D eigenvalue weighted by Gasteiger charge is -2.26. The van der Waals surface area contributed by atoms with Crippen LogP contribution in [0.1, 0.15) is 26.7 Å². The smallest absolute Gasteiger partial charge is 0.313 e. The Labute approximate surface area is 69.0 Å². The fourth-order valence-corrected chi connectivity index (χ4v) is 2.07. The summed E-state index contributed by atoms with van der Waals surface area (Å²) >= 11 is 0. The zero-order chi connectivity index (χ0) is 8.10. The molecule has 0 radical (unpaired) electrons. The van der Waals surface area contributed by atoms with Gasteiger partial charge in [0.25, 0.3) is 0 Å². The lowest BCUT2D eigenvalue weighted by molar-refractivity contribution is 0.0620. The van der Waals surface area contributed by atoms with Crippen LogP contribution < -0.4 is 0 Å². The maximum atomic E-state index is 5.50. The van der Waals surface area contributed by atoms with Crippen molar-refractivity contribution in [1.29, 1.82) is 0 Å². The van der Waals surface area contributed by atoms with Crippen molar-refractivity contribution in [2.75, 3.05) is 13.2 Å². The molecule has 0 amide bonds. The van der Waals surface area contributed by atoms with Gasteiger partial charge in [-0.1, -0.05) is 6.92 Å². The van der Waals surface area contributed by atoms with Gasteiger partial charge in [0.15, 0.2) is 0 Å². The minimum absolute atomic E-state index is 0.349. The normalized spacial score (nSPS) is 32.2. The topological polar surface area (TPSA) is 27.7 Å². The molecule has 0 aliphatic carbocycles. The molecule has 2 unspecified atom stereocenters. The molecular weight excluding hydrogens is 163 g/mol. The highest BCUT2D eigenvalue weighted by Gasteiger charge is 2.23. The van der Waals surface area contributed by atoms with Crippen LogP contribution in [0, 0.1) is 0 Å². The lowest BCUT2D eigenvalue weighted by atomic mass is 10.2. The molecule has 1 rings (SSSR count). The van der Waals surface area contributed by atoms with Gasteiger partial charge in [0.05, 0.1) is 19.3 Å². The van der Waals surface area contributed by atoms with Crippen LogP contribution in [0.4, 0.5) is 0 Å². The van der Waals surface area contributed by atoms with Crippen molar-refractivity contribution in [2.24, 2.45) is 0 Å². The predicted molar refractivity (Wildman–Crippen MR) is 44.3 cm³/mol. The number of hydrogen-bond acceptors (Lipinski definition) is 3. The second-order valence-corrected chi connectivity index (χ2v) is 3.57. The molecule has 4 heteroatoms. The van der Waals surface area contributed by atoms with Crippen LogP contribution in [0.2, 0.25) is 0 Å². The maximum Gasteiger partial charge on any atom is 0.332 e. The second kappa shape index (κ2) is 5.04. The van der Waals surface area contributed by atoms with E-state index in [-0.39, 0.29) is 0 Å². The quantitative estimate of drug-likeness (QED) is 0.621. The van der Waals surface area contributed by atoms with Crippen LogP contribution in [0.15, 0.2) is 0 Å². The molecule has 11 heavy (non-hydrogen) atoms. The number of hydrogen-bond donors (Lipinski definition) is 0. The average molecular weight is 178 g/mol. The highest BCUT2D eigenvalue weighted by Crippen LogP contribution is 2.45. The van der Waals surface area contributed by atoms with Crippen molar-refractivity contribution in [3.63, 3.8) is 0 Å². The Bertz CT molecular complexity index is 108. The SMILES string of the molecule is CCOP1OCCC(CC)O1. The minimum Gasteiger partial charge on any atom is -0.313 e. The van der Waals surface area contributed by atoms with Crippen molar-refractivity contribution in [3.8, 4) is 0 Å². The molecule has 1 heterocycles. The van der Waals surface area contributed by atoms with Gasteiger partial charge < -0.3 is 13.6 Å². The van der Waals surface area contributed by atoms with Crippen LogP contribution >= 0.6 is 8.60 Å². The predicted octanol–water partition coefficient (Wildman–Crippen LogP) is 2.47. The van der Waals surface area contributed by atoms with E-state index in [2.05, 4.69) is 6.92 Å². The number of rotatable bonds is 3. The van der Waals surface area contributed by atoms with Gasteiger partial charge >= 0.3 is 8.60 Å². The molecule has 66 valence electrons. The zero-order valence-electron chi connectivity index (χ0n) is 7.08. The van der Waals surface area contributed by atoms with Gasteiger partial charge in [-0.25, -0.2) is 0 Å². The average Bonchev–Trinajstić information content (AvgIpc) is 2.06. The van der Waals surface area contributed by atoms with Crippen LogP contribution in [0.3, 0.4) is 0 Å². The second-order valence-electron chi connectivity index (χ2n) is 2.40. The Morgan fingerprint density at radius 3 is 3.00 bits per heavy atom. The molecule has 0 bridgehead atoms. The Morgan fingerprint density at radius 2 is 2.36 bits per heavy atom. The van der Waals surface area contributed by atoms with Gasteiger partial charge in [0, 0.05) is 0 Å². The molecule has 0 spiro atoms. The van der Waals surface area contributed by atoms with Crippen LogP contribution in [-0.2, 0) is 13.6 Å². The molecule has 1 aliphatic rings. The third-order valence-electron chi connectivity index (χ3n) is 1.56. The summed E-state index contributed by atoms with van der Waals surface area (Å²) in [5.74, 6) is 0. The van der Waals surface area contributed by atoms with E-state index in [1.807, 2.05) is 6.92 Å². The summed E-state index contributed by atoms with van der Waals surface area (Å²) < 4.78 is 16.0. The highest BCUT2D eigenvalue weighted by molar-refractivity contribution is 7.41. The molecule has 0 saturated carbocycles. The summed E-state index contributed by atoms with van der Waals surface area (Å²) in [6.45, 7) is 5.52. The molecule has 0 aromatic rings. The largest absolute Gasteiger partial charge is 0.332 e. The molecule has 3 nitrogen and oxygen atoms in total. The first kappa shape index (κ1) is 9.40. The molecule has 0 aromatic heterocycles. The highest BCUT2D eigenvalue weighted by atomic mass is 31.2. The zero-order valence-corrected chi connectivity index (χ0v) is 7.97. The molecule has 1 aliphatic heterocycles. The van der Waals surface area contributed by atoms with Gasteiger partial charge in [-0.15, -0.1) is 0 Å². The van der Waals surface area contributed by atoms with Gasteiger partial charge in [0.1, 0.15) is 0 Å². The minimum atomic E-state index is -1.02. The summed E-state index contributed by atoms with van der Waals surface area (Å²) in [4.78, 5) is 0. The van der Waals surface area contributed by atoms with Gasteiger partial charge in [-0.3, -0.25) is 0 Å². The third kappa shape index (κ3) is 3.04. The first-order chi connectivity index (χ1) is 5.36. The molecule has 2 atom stereocenters. The summed E-state index contributed by atoms with van der Waals surface area (Å²) in [7, 11) is -1.02. The monoisotopic (exact) mass is 178 g/mol. The van der Waals surface area contributed by atoms with Crippen molar-refractivity contribution in [1.82, 2.24) is 0 Å². The fraction of sp³-hybridized carbons (Fsp3) is 1.00. The van der Waals surface area contributed by atoms with E-state index in [4.69, 9.17) is 13.6 Å². The standard InChI is InChI=1S/C7H15O3P/c1-3-7-5-6-9-11(10-7)8-4-2/h7H,3-6H2,1-2H3. The van der Waals surface area contributed by atoms with E-state index in [1.54, 1.807) is 0 Å². The van der Waals surface area contributed by atoms with Gasteiger partial charge in [-0.05, 0) is 19.8 Å². The molecule has 0 aromatic carbocycles. The first-order valence-electron chi connectivity index (χ1n) is 4.09. The fourth-order valence-electron chi connectivity index (χ4n) is 0.915.